The van der Waals surface area contributed by atoms with Crippen LogP contribution in [-0.2, 0) is 9.53 Å². The summed E-state index contributed by atoms with van der Waals surface area (Å²) in [5.74, 6) is 0.956. The fourth-order valence-electron chi connectivity index (χ4n) is 7.19. The van der Waals surface area contributed by atoms with Crippen molar-refractivity contribution in [1.82, 2.24) is 9.80 Å². The van der Waals surface area contributed by atoms with Crippen molar-refractivity contribution in [3.8, 4) is 0 Å². The molecule has 1 N–H and O–H groups in total. The summed E-state index contributed by atoms with van der Waals surface area (Å²) in [5.41, 5.74) is 0.995. The van der Waals surface area contributed by atoms with Crippen molar-refractivity contribution in [2.75, 3.05) is 19.7 Å². The molecule has 7 heteroatoms. The molecule has 240 valence electrons. The molecule has 4 rings (SSSR count). The molecule has 2 heterocycles. The quantitative estimate of drug-likeness (QED) is 0.278. The van der Waals surface area contributed by atoms with Crippen LogP contribution >= 0.6 is 0 Å². The number of ether oxygens (including phenoxy) is 1. The second-order valence-electron chi connectivity index (χ2n) is 16.0. The lowest BCUT2D eigenvalue weighted by Crippen LogP contribution is -2.52. The summed E-state index contributed by atoms with van der Waals surface area (Å²) in [6.07, 6.45) is 8.80. The number of aromatic carboxylic acids is 1. The lowest BCUT2D eigenvalue weighted by Gasteiger charge is -2.47. The molecule has 1 unspecified atom stereocenters. The average molecular weight is 596 g/mol. The van der Waals surface area contributed by atoms with Crippen molar-refractivity contribution < 1.29 is 19.4 Å². The number of rotatable bonds is 10. The Balaban J connectivity index is 1.64. The number of carbonyl (C=O) groups is 2. The Morgan fingerprint density at radius 2 is 1.70 bits per heavy atom. The average Bonchev–Trinajstić information content (AvgIpc) is 3.49. The highest BCUT2D eigenvalue weighted by molar-refractivity contribution is 6.39. The molecule has 1 aromatic carbocycles. The SMILES string of the molecule is CC(C)CCCOC1CCN(C2=NC3(CCC(C(C)(C)C)CC3)N([C@H](CCC(C)(C)C)c3ccc(C(=O)O)cc3)C2=O)C1. The number of hydrogen-bond donors (Lipinski definition) is 1. The van der Waals surface area contributed by atoms with Crippen LogP contribution in [0.3, 0.4) is 0 Å². The molecular weight excluding hydrogens is 538 g/mol. The van der Waals surface area contributed by atoms with E-state index in [0.29, 0.717) is 24.2 Å². The van der Waals surface area contributed by atoms with Gasteiger partial charge in [-0.3, -0.25) is 4.79 Å². The fourth-order valence-corrected chi connectivity index (χ4v) is 7.19. The van der Waals surface area contributed by atoms with Crippen molar-refractivity contribution in [3.63, 3.8) is 0 Å². The second-order valence-corrected chi connectivity index (χ2v) is 16.0. The Morgan fingerprint density at radius 1 is 1.05 bits per heavy atom. The van der Waals surface area contributed by atoms with Crippen LogP contribution in [0.15, 0.2) is 29.3 Å². The molecule has 43 heavy (non-hydrogen) atoms. The summed E-state index contributed by atoms with van der Waals surface area (Å²) in [4.78, 5) is 36.0. The highest BCUT2D eigenvalue weighted by Crippen LogP contribution is 2.50. The maximum atomic E-state index is 14.6. The summed E-state index contributed by atoms with van der Waals surface area (Å²) < 4.78 is 6.25. The molecule has 1 spiro atoms. The summed E-state index contributed by atoms with van der Waals surface area (Å²) >= 11 is 0. The maximum Gasteiger partial charge on any atom is 0.335 e. The van der Waals surface area contributed by atoms with E-state index in [9.17, 15) is 14.7 Å². The van der Waals surface area contributed by atoms with E-state index < -0.39 is 11.6 Å². The van der Waals surface area contributed by atoms with Gasteiger partial charge in [0.1, 0.15) is 5.66 Å². The van der Waals surface area contributed by atoms with Crippen LogP contribution in [0.4, 0.5) is 0 Å². The number of carbonyl (C=O) groups excluding carboxylic acids is 1. The third kappa shape index (κ3) is 8.20. The molecule has 3 aliphatic rings. The van der Waals surface area contributed by atoms with Crippen molar-refractivity contribution in [2.24, 2.45) is 27.7 Å². The Kier molecular flexibility index (Phi) is 10.4. The van der Waals surface area contributed by atoms with Crippen molar-refractivity contribution in [2.45, 2.75) is 131 Å². The Morgan fingerprint density at radius 3 is 2.26 bits per heavy atom. The molecule has 0 bridgehead atoms. The van der Waals surface area contributed by atoms with Gasteiger partial charge in [0, 0.05) is 19.7 Å². The monoisotopic (exact) mass is 595 g/mol. The summed E-state index contributed by atoms with van der Waals surface area (Å²) in [5, 5.41) is 9.54. The molecule has 1 amide bonds. The first-order chi connectivity index (χ1) is 20.1. The standard InChI is InChI=1S/C36H57N3O4/c1-25(2)10-9-23-43-29-18-22-38(24-29)31-32(40)39(36(37-31)20-15-28(16-21-36)35(6,7)8)30(17-19-34(3,4)5)26-11-13-27(14-12-26)33(41)42/h11-14,25,28-30H,9-10,15-24H2,1-8H3,(H,41,42)/t28?,29?,30-,36?/m1/s1. The van der Waals surface area contributed by atoms with E-state index in [1.807, 2.05) is 12.1 Å². The molecule has 2 fully saturated rings. The van der Waals surface area contributed by atoms with Gasteiger partial charge in [0.2, 0.25) is 0 Å². The van der Waals surface area contributed by atoms with E-state index in [4.69, 9.17) is 9.73 Å². The maximum absolute atomic E-state index is 14.6. The number of hydrogen-bond acceptors (Lipinski definition) is 5. The van der Waals surface area contributed by atoms with Crippen LogP contribution < -0.4 is 0 Å². The number of benzene rings is 1. The first-order valence-electron chi connectivity index (χ1n) is 16.7. The van der Waals surface area contributed by atoms with Gasteiger partial charge in [0.05, 0.1) is 17.7 Å². The zero-order valence-electron chi connectivity index (χ0n) is 28.1. The Labute approximate surface area is 260 Å². The zero-order valence-corrected chi connectivity index (χ0v) is 28.1. The van der Waals surface area contributed by atoms with E-state index >= 15 is 0 Å². The predicted molar refractivity (Wildman–Crippen MR) is 173 cm³/mol. The third-order valence-corrected chi connectivity index (χ3v) is 9.93. The smallest absolute Gasteiger partial charge is 0.335 e. The molecule has 2 aliphatic heterocycles. The van der Waals surface area contributed by atoms with Crippen LogP contribution in [0.1, 0.15) is 135 Å². The van der Waals surface area contributed by atoms with Gasteiger partial charge in [-0.1, -0.05) is 67.5 Å². The lowest BCUT2D eigenvalue weighted by atomic mass is 9.69. The molecule has 0 aromatic heterocycles. The van der Waals surface area contributed by atoms with E-state index in [2.05, 4.69) is 65.2 Å². The van der Waals surface area contributed by atoms with Gasteiger partial charge in [-0.25, -0.2) is 9.79 Å². The number of amides is 1. The Hall–Kier alpha value is -2.41. The molecule has 2 atom stereocenters. The number of amidine groups is 1. The largest absolute Gasteiger partial charge is 0.478 e. The number of aliphatic imine (C=N–C) groups is 1. The molecular formula is C36H57N3O4. The van der Waals surface area contributed by atoms with Crippen LogP contribution in [0, 0.1) is 22.7 Å². The van der Waals surface area contributed by atoms with E-state index in [1.165, 1.54) is 0 Å². The van der Waals surface area contributed by atoms with Crippen molar-refractivity contribution in [1.29, 1.82) is 0 Å². The zero-order chi connectivity index (χ0) is 31.6. The van der Waals surface area contributed by atoms with Crippen molar-refractivity contribution >= 4 is 17.7 Å². The Bertz CT molecular complexity index is 1140. The van der Waals surface area contributed by atoms with Gasteiger partial charge >= 0.3 is 5.97 Å². The minimum Gasteiger partial charge on any atom is -0.478 e. The second kappa shape index (κ2) is 13.3. The van der Waals surface area contributed by atoms with Crippen LogP contribution in [0.5, 0.6) is 0 Å². The van der Waals surface area contributed by atoms with Gasteiger partial charge in [0.25, 0.3) is 5.91 Å². The number of carboxylic acid groups (broad SMARTS) is 1. The number of likely N-dealkylation sites (tertiary alicyclic amines) is 1. The summed E-state index contributed by atoms with van der Waals surface area (Å²) in [6.45, 7) is 20.4. The van der Waals surface area contributed by atoms with E-state index in [1.54, 1.807) is 12.1 Å². The molecule has 1 saturated heterocycles. The highest BCUT2D eigenvalue weighted by atomic mass is 16.5. The number of carboxylic acids is 1. The molecule has 1 saturated carbocycles. The highest BCUT2D eigenvalue weighted by Gasteiger charge is 2.54. The molecule has 1 aromatic rings. The summed E-state index contributed by atoms with van der Waals surface area (Å²) in [7, 11) is 0. The van der Waals surface area contributed by atoms with Gasteiger partial charge < -0.3 is 19.6 Å². The predicted octanol–water partition coefficient (Wildman–Crippen LogP) is 7.95. The molecule has 0 radical (unpaired) electrons. The van der Waals surface area contributed by atoms with Crippen LogP contribution in [0.2, 0.25) is 0 Å². The van der Waals surface area contributed by atoms with Gasteiger partial charge in [-0.2, -0.15) is 0 Å². The normalized spacial score (nSPS) is 25.6. The first-order valence-corrected chi connectivity index (χ1v) is 16.7. The first kappa shape index (κ1) is 33.5. The number of nitrogens with zero attached hydrogens (tertiary/aromatic N) is 3. The van der Waals surface area contributed by atoms with Gasteiger partial charge in [-0.05, 0) is 98.1 Å². The van der Waals surface area contributed by atoms with Gasteiger partial charge in [-0.15, -0.1) is 0 Å². The minimum absolute atomic E-state index is 0.0240. The van der Waals surface area contributed by atoms with Crippen LogP contribution in [-0.4, -0.2) is 64.1 Å². The van der Waals surface area contributed by atoms with E-state index in [-0.39, 0.29) is 34.4 Å². The van der Waals surface area contributed by atoms with Crippen LogP contribution in [0.25, 0.3) is 0 Å². The molecule has 7 nitrogen and oxygen atoms in total. The van der Waals surface area contributed by atoms with Gasteiger partial charge in [0.15, 0.2) is 5.84 Å². The summed E-state index contributed by atoms with van der Waals surface area (Å²) in [6, 6.07) is 7.00. The van der Waals surface area contributed by atoms with E-state index in [0.717, 1.165) is 76.5 Å². The fraction of sp³-hybridized carbons (Fsp3) is 0.750. The lowest BCUT2D eigenvalue weighted by molar-refractivity contribution is -0.134. The minimum atomic E-state index is -0.937. The molecule has 1 aliphatic carbocycles. The third-order valence-electron chi connectivity index (χ3n) is 9.93. The topological polar surface area (TPSA) is 82.4 Å². The van der Waals surface area contributed by atoms with Crippen molar-refractivity contribution in [3.05, 3.63) is 35.4 Å².